The maximum atomic E-state index is 11.8. The van der Waals surface area contributed by atoms with Crippen LogP contribution in [-0.2, 0) is 19.1 Å². The molecule has 17 heavy (non-hydrogen) atoms. The zero-order chi connectivity index (χ0) is 12.8. The summed E-state index contributed by atoms with van der Waals surface area (Å²) in [5.41, 5.74) is 0.880. The number of ether oxygens (including phenoxy) is 2. The first-order chi connectivity index (χ1) is 8.11. The van der Waals surface area contributed by atoms with E-state index in [9.17, 15) is 9.59 Å². The summed E-state index contributed by atoms with van der Waals surface area (Å²) in [6, 6.07) is 0. The first kappa shape index (κ1) is 13.7. The van der Waals surface area contributed by atoms with Crippen LogP contribution in [0.5, 0.6) is 0 Å². The molecular weight excluding hydrogens is 220 g/mol. The number of carbonyl (C=O) groups excluding carboxylic acids is 2. The van der Waals surface area contributed by atoms with E-state index in [0.29, 0.717) is 11.1 Å². The van der Waals surface area contributed by atoms with E-state index < -0.39 is 11.9 Å². The van der Waals surface area contributed by atoms with Crippen LogP contribution in [-0.4, -0.2) is 26.2 Å². The number of hydrogen-bond acceptors (Lipinski definition) is 4. The van der Waals surface area contributed by atoms with Gasteiger partial charge in [-0.05, 0) is 25.7 Å². The summed E-state index contributed by atoms with van der Waals surface area (Å²) in [6.07, 6.45) is 5.28. The predicted molar refractivity (Wildman–Crippen MR) is 63.3 cm³/mol. The minimum absolute atomic E-state index is 0.135. The summed E-state index contributed by atoms with van der Waals surface area (Å²) in [6.45, 7) is 1.63. The first-order valence-corrected chi connectivity index (χ1v) is 5.99. The lowest BCUT2D eigenvalue weighted by Gasteiger charge is -2.24. The summed E-state index contributed by atoms with van der Waals surface area (Å²) >= 11 is 0. The summed E-state index contributed by atoms with van der Waals surface area (Å²) in [5, 5.41) is 0. The molecule has 96 valence electrons. The van der Waals surface area contributed by atoms with Gasteiger partial charge in [-0.15, -0.1) is 0 Å². The SMILES string of the molecule is COC(=O)C(C)=C(C(=O)OC)C1CCCCC1. The van der Waals surface area contributed by atoms with Crippen LogP contribution in [0.1, 0.15) is 39.0 Å². The van der Waals surface area contributed by atoms with Crippen molar-refractivity contribution >= 4 is 11.9 Å². The Morgan fingerprint density at radius 3 is 1.94 bits per heavy atom. The van der Waals surface area contributed by atoms with Crippen LogP contribution >= 0.6 is 0 Å². The average molecular weight is 240 g/mol. The van der Waals surface area contributed by atoms with Gasteiger partial charge in [0.1, 0.15) is 0 Å². The van der Waals surface area contributed by atoms with Crippen molar-refractivity contribution in [2.45, 2.75) is 39.0 Å². The van der Waals surface area contributed by atoms with Crippen LogP contribution in [0.4, 0.5) is 0 Å². The maximum Gasteiger partial charge on any atom is 0.334 e. The molecule has 0 spiro atoms. The van der Waals surface area contributed by atoms with Gasteiger partial charge < -0.3 is 9.47 Å². The van der Waals surface area contributed by atoms with Crippen molar-refractivity contribution in [3.63, 3.8) is 0 Å². The van der Waals surface area contributed by atoms with E-state index in [2.05, 4.69) is 4.74 Å². The van der Waals surface area contributed by atoms with Crippen molar-refractivity contribution in [2.75, 3.05) is 14.2 Å². The molecule has 0 aromatic heterocycles. The Bertz CT molecular complexity index is 324. The molecule has 0 radical (unpaired) electrons. The molecule has 0 amide bonds. The predicted octanol–water partition coefficient (Wildman–Crippen LogP) is 2.23. The van der Waals surface area contributed by atoms with Crippen LogP contribution in [0.3, 0.4) is 0 Å². The minimum atomic E-state index is -0.448. The molecule has 1 fully saturated rings. The highest BCUT2D eigenvalue weighted by Crippen LogP contribution is 2.32. The third-order valence-corrected chi connectivity index (χ3v) is 3.31. The topological polar surface area (TPSA) is 52.6 Å². The quantitative estimate of drug-likeness (QED) is 0.560. The molecule has 0 heterocycles. The number of rotatable bonds is 3. The van der Waals surface area contributed by atoms with Crippen LogP contribution in [0.15, 0.2) is 11.1 Å². The molecule has 0 aromatic carbocycles. The lowest BCUT2D eigenvalue weighted by Crippen LogP contribution is -2.21. The Labute approximate surface area is 102 Å². The van der Waals surface area contributed by atoms with Crippen molar-refractivity contribution in [2.24, 2.45) is 5.92 Å². The monoisotopic (exact) mass is 240 g/mol. The Kier molecular flexibility index (Phi) is 5.19. The summed E-state index contributed by atoms with van der Waals surface area (Å²) in [5.74, 6) is -0.717. The van der Waals surface area contributed by atoms with Gasteiger partial charge in [0, 0.05) is 5.57 Å². The maximum absolute atomic E-state index is 11.8. The van der Waals surface area contributed by atoms with Crippen molar-refractivity contribution in [1.29, 1.82) is 0 Å². The second-order valence-corrected chi connectivity index (χ2v) is 4.36. The Morgan fingerprint density at radius 1 is 0.941 bits per heavy atom. The largest absolute Gasteiger partial charge is 0.466 e. The summed E-state index contributed by atoms with van der Waals surface area (Å²) < 4.78 is 9.45. The minimum Gasteiger partial charge on any atom is -0.466 e. The molecule has 1 aliphatic carbocycles. The molecule has 4 heteroatoms. The van der Waals surface area contributed by atoms with Gasteiger partial charge >= 0.3 is 11.9 Å². The molecule has 0 atom stereocenters. The molecule has 0 unspecified atom stereocenters. The highest BCUT2D eigenvalue weighted by Gasteiger charge is 2.28. The highest BCUT2D eigenvalue weighted by atomic mass is 16.5. The molecule has 0 aromatic rings. The zero-order valence-electron chi connectivity index (χ0n) is 10.7. The van der Waals surface area contributed by atoms with E-state index in [1.54, 1.807) is 6.92 Å². The van der Waals surface area contributed by atoms with Crippen LogP contribution < -0.4 is 0 Å². The molecule has 0 N–H and O–H groups in total. The molecule has 4 nitrogen and oxygen atoms in total. The molecule has 1 rings (SSSR count). The molecular formula is C13H20O4. The van der Waals surface area contributed by atoms with Gasteiger partial charge in [0.2, 0.25) is 0 Å². The van der Waals surface area contributed by atoms with Crippen molar-refractivity contribution in [3.8, 4) is 0 Å². The lowest BCUT2D eigenvalue weighted by atomic mass is 9.82. The van der Waals surface area contributed by atoms with Crippen LogP contribution in [0.25, 0.3) is 0 Å². The van der Waals surface area contributed by atoms with Crippen LogP contribution in [0.2, 0.25) is 0 Å². The van der Waals surface area contributed by atoms with E-state index >= 15 is 0 Å². The van der Waals surface area contributed by atoms with Gasteiger partial charge in [-0.1, -0.05) is 19.3 Å². The van der Waals surface area contributed by atoms with Crippen molar-refractivity contribution < 1.29 is 19.1 Å². The van der Waals surface area contributed by atoms with Gasteiger partial charge in [-0.2, -0.15) is 0 Å². The van der Waals surface area contributed by atoms with Gasteiger partial charge in [0.15, 0.2) is 0 Å². The Balaban J connectivity index is 3.01. The second-order valence-electron chi connectivity index (χ2n) is 4.36. The van der Waals surface area contributed by atoms with E-state index in [-0.39, 0.29) is 5.92 Å². The van der Waals surface area contributed by atoms with Crippen LogP contribution in [0, 0.1) is 5.92 Å². The number of esters is 2. The third kappa shape index (κ3) is 3.32. The van der Waals surface area contributed by atoms with Gasteiger partial charge in [0.25, 0.3) is 0 Å². The number of hydrogen-bond donors (Lipinski definition) is 0. The van der Waals surface area contributed by atoms with Crippen molar-refractivity contribution in [3.05, 3.63) is 11.1 Å². The zero-order valence-corrected chi connectivity index (χ0v) is 10.7. The Hall–Kier alpha value is -1.32. The number of carbonyl (C=O) groups is 2. The molecule has 0 bridgehead atoms. The fraction of sp³-hybridized carbons (Fsp3) is 0.692. The second kappa shape index (κ2) is 6.42. The normalized spacial score (nSPS) is 18.3. The van der Waals surface area contributed by atoms with E-state index in [1.807, 2.05) is 0 Å². The summed E-state index contributed by atoms with van der Waals surface area (Å²) in [4.78, 5) is 23.3. The fourth-order valence-corrected chi connectivity index (χ4v) is 2.39. The molecule has 0 aliphatic heterocycles. The number of methoxy groups -OCH3 is 2. The molecule has 1 aliphatic rings. The summed E-state index contributed by atoms with van der Waals surface area (Å²) in [7, 11) is 2.66. The van der Waals surface area contributed by atoms with Gasteiger partial charge in [-0.25, -0.2) is 9.59 Å². The van der Waals surface area contributed by atoms with Gasteiger partial charge in [-0.3, -0.25) is 0 Å². The Morgan fingerprint density at radius 2 is 1.47 bits per heavy atom. The van der Waals surface area contributed by atoms with E-state index in [1.165, 1.54) is 20.6 Å². The smallest absolute Gasteiger partial charge is 0.334 e. The third-order valence-electron chi connectivity index (χ3n) is 3.31. The highest BCUT2D eigenvalue weighted by molar-refractivity contribution is 6.00. The molecule has 0 saturated heterocycles. The van der Waals surface area contributed by atoms with Gasteiger partial charge in [0.05, 0.1) is 19.8 Å². The first-order valence-electron chi connectivity index (χ1n) is 5.99. The molecule has 1 saturated carbocycles. The standard InChI is InChI=1S/C13H20O4/c1-9(12(14)16-2)11(13(15)17-3)10-7-5-4-6-8-10/h10H,4-8H2,1-3H3. The van der Waals surface area contributed by atoms with E-state index in [0.717, 1.165) is 25.7 Å². The lowest BCUT2D eigenvalue weighted by molar-refractivity contribution is -0.139. The fourth-order valence-electron chi connectivity index (χ4n) is 2.39. The van der Waals surface area contributed by atoms with E-state index in [4.69, 9.17) is 4.74 Å². The van der Waals surface area contributed by atoms with Crippen molar-refractivity contribution in [1.82, 2.24) is 0 Å². The average Bonchev–Trinajstić information content (AvgIpc) is 2.38.